The van der Waals surface area contributed by atoms with Crippen molar-refractivity contribution in [3.63, 3.8) is 0 Å². The summed E-state index contributed by atoms with van der Waals surface area (Å²) in [5.41, 5.74) is 3.09. The third-order valence-corrected chi connectivity index (χ3v) is 6.10. The number of benzene rings is 1. The van der Waals surface area contributed by atoms with Gasteiger partial charge in [-0.1, -0.05) is 48.9 Å². The van der Waals surface area contributed by atoms with E-state index in [2.05, 4.69) is 34.3 Å². The van der Waals surface area contributed by atoms with Gasteiger partial charge >= 0.3 is 0 Å². The maximum Gasteiger partial charge on any atom is 0.125 e. The maximum absolute atomic E-state index is 5.31. The lowest BCUT2D eigenvalue weighted by molar-refractivity contribution is 0.463. The van der Waals surface area contributed by atoms with E-state index >= 15 is 0 Å². The van der Waals surface area contributed by atoms with Crippen LogP contribution in [0.25, 0.3) is 21.5 Å². The number of aromatic nitrogens is 3. The molecule has 2 N–H and O–H groups in total. The standard InChI is InChI=1S/C18H20N4S2/c1-11-17(22-13-5-3-2-4-6-13)24-18(21-11)12-7-8-14-15(9-12)19-10-20-16(14)23/h7-10,13,22H,2-6H2,1H3,(H,19,20,23). The molecule has 1 fully saturated rings. The first kappa shape index (κ1) is 15.7. The number of thiazole rings is 1. The highest BCUT2D eigenvalue weighted by Crippen LogP contribution is 2.34. The van der Waals surface area contributed by atoms with E-state index in [-0.39, 0.29) is 0 Å². The van der Waals surface area contributed by atoms with E-state index in [0.717, 1.165) is 31.8 Å². The lowest BCUT2D eigenvalue weighted by Crippen LogP contribution is -2.21. The molecule has 4 rings (SSSR count). The number of nitrogens with zero attached hydrogens (tertiary/aromatic N) is 2. The molecular weight excluding hydrogens is 336 g/mol. The molecule has 2 aromatic heterocycles. The number of H-pyrrole nitrogens is 1. The first-order chi connectivity index (χ1) is 11.7. The van der Waals surface area contributed by atoms with Crippen molar-refractivity contribution < 1.29 is 0 Å². The fourth-order valence-electron chi connectivity index (χ4n) is 3.29. The molecule has 0 amide bonds. The molecule has 1 saturated carbocycles. The average molecular weight is 357 g/mol. The monoisotopic (exact) mass is 356 g/mol. The Kier molecular flexibility index (Phi) is 4.33. The molecule has 4 nitrogen and oxygen atoms in total. The molecule has 1 aliphatic carbocycles. The van der Waals surface area contributed by atoms with Gasteiger partial charge in [-0.25, -0.2) is 9.97 Å². The minimum absolute atomic E-state index is 0.599. The van der Waals surface area contributed by atoms with Crippen LogP contribution in [-0.2, 0) is 0 Å². The van der Waals surface area contributed by atoms with E-state index < -0.39 is 0 Å². The molecule has 6 heteroatoms. The molecule has 0 radical (unpaired) electrons. The Labute approximate surface area is 150 Å². The highest BCUT2D eigenvalue weighted by Gasteiger charge is 2.17. The summed E-state index contributed by atoms with van der Waals surface area (Å²) in [4.78, 5) is 12.1. The summed E-state index contributed by atoms with van der Waals surface area (Å²) in [5.74, 6) is 0. The Bertz CT molecular complexity index is 922. The third kappa shape index (κ3) is 3.08. The molecule has 0 aliphatic heterocycles. The van der Waals surface area contributed by atoms with Crippen LogP contribution in [-0.4, -0.2) is 21.0 Å². The molecule has 0 unspecified atom stereocenters. The second kappa shape index (κ2) is 6.61. The van der Waals surface area contributed by atoms with Crippen molar-refractivity contribution in [3.05, 3.63) is 34.9 Å². The van der Waals surface area contributed by atoms with Crippen LogP contribution in [0.3, 0.4) is 0 Å². The molecular formula is C18H20N4S2. The Morgan fingerprint density at radius 2 is 2.08 bits per heavy atom. The van der Waals surface area contributed by atoms with Crippen LogP contribution in [0.15, 0.2) is 24.5 Å². The van der Waals surface area contributed by atoms with E-state index in [1.807, 2.05) is 6.07 Å². The lowest BCUT2D eigenvalue weighted by atomic mass is 9.96. The Morgan fingerprint density at radius 1 is 1.25 bits per heavy atom. The zero-order valence-corrected chi connectivity index (χ0v) is 15.3. The van der Waals surface area contributed by atoms with Gasteiger partial charge in [0.15, 0.2) is 0 Å². The Balaban J connectivity index is 1.64. The van der Waals surface area contributed by atoms with Gasteiger partial charge in [0.1, 0.15) is 14.6 Å². The number of aromatic amines is 1. The minimum Gasteiger partial charge on any atom is -0.373 e. The van der Waals surface area contributed by atoms with Crippen LogP contribution in [0.1, 0.15) is 37.8 Å². The molecule has 0 atom stereocenters. The van der Waals surface area contributed by atoms with E-state index in [9.17, 15) is 0 Å². The number of anilines is 1. The van der Waals surface area contributed by atoms with Crippen LogP contribution < -0.4 is 5.32 Å². The summed E-state index contributed by atoms with van der Waals surface area (Å²) in [5, 5.41) is 6.92. The maximum atomic E-state index is 5.31. The SMILES string of the molecule is Cc1nc(-c2ccc3c(=S)[nH]cnc3c2)sc1NC1CCCCC1. The number of rotatable bonds is 3. The summed E-state index contributed by atoms with van der Waals surface area (Å²) < 4.78 is 0.724. The molecule has 124 valence electrons. The zero-order valence-electron chi connectivity index (χ0n) is 13.6. The number of hydrogen-bond donors (Lipinski definition) is 2. The number of nitrogens with one attached hydrogen (secondary N) is 2. The molecule has 0 bridgehead atoms. The van der Waals surface area contributed by atoms with E-state index in [1.54, 1.807) is 17.7 Å². The predicted octanol–water partition coefficient (Wildman–Crippen LogP) is 5.47. The second-order valence-corrected chi connectivity index (χ2v) is 7.78. The summed E-state index contributed by atoms with van der Waals surface area (Å²) in [6.07, 6.45) is 8.22. The van der Waals surface area contributed by atoms with Gasteiger partial charge in [-0.05, 0) is 31.9 Å². The van der Waals surface area contributed by atoms with Gasteiger partial charge in [0, 0.05) is 17.0 Å². The van der Waals surface area contributed by atoms with Crippen LogP contribution in [0.4, 0.5) is 5.00 Å². The summed E-state index contributed by atoms with van der Waals surface area (Å²) in [7, 11) is 0. The molecule has 0 spiro atoms. The fourth-order valence-corrected chi connectivity index (χ4v) is 4.55. The average Bonchev–Trinajstić information content (AvgIpc) is 2.96. The molecule has 1 aromatic carbocycles. The van der Waals surface area contributed by atoms with Crippen molar-refractivity contribution >= 4 is 39.5 Å². The van der Waals surface area contributed by atoms with Gasteiger partial charge in [0.05, 0.1) is 17.5 Å². The quantitative estimate of drug-likeness (QED) is 0.611. The van der Waals surface area contributed by atoms with Gasteiger partial charge in [-0.3, -0.25) is 0 Å². The van der Waals surface area contributed by atoms with Crippen molar-refractivity contribution in [1.29, 1.82) is 0 Å². The third-order valence-electron chi connectivity index (χ3n) is 4.63. The van der Waals surface area contributed by atoms with Crippen molar-refractivity contribution in [2.45, 2.75) is 45.1 Å². The van der Waals surface area contributed by atoms with Crippen LogP contribution in [0, 0.1) is 11.6 Å². The molecule has 3 aromatic rings. The summed E-state index contributed by atoms with van der Waals surface area (Å²) in [6.45, 7) is 2.08. The second-order valence-electron chi connectivity index (χ2n) is 6.38. The van der Waals surface area contributed by atoms with Gasteiger partial charge in [-0.15, -0.1) is 0 Å². The van der Waals surface area contributed by atoms with E-state index in [4.69, 9.17) is 17.2 Å². The van der Waals surface area contributed by atoms with Gasteiger partial charge in [0.25, 0.3) is 0 Å². The zero-order chi connectivity index (χ0) is 16.5. The largest absolute Gasteiger partial charge is 0.373 e. The first-order valence-corrected chi connectivity index (χ1v) is 9.65. The molecule has 2 heterocycles. The van der Waals surface area contributed by atoms with Gasteiger partial charge in [0.2, 0.25) is 0 Å². The minimum atomic E-state index is 0.599. The van der Waals surface area contributed by atoms with Crippen molar-refractivity contribution in [1.82, 2.24) is 15.0 Å². The molecule has 24 heavy (non-hydrogen) atoms. The predicted molar refractivity (Wildman–Crippen MR) is 103 cm³/mol. The Hall–Kier alpha value is -1.79. The van der Waals surface area contributed by atoms with Crippen LogP contribution >= 0.6 is 23.6 Å². The van der Waals surface area contributed by atoms with Gasteiger partial charge in [-0.2, -0.15) is 0 Å². The lowest BCUT2D eigenvalue weighted by Gasteiger charge is -2.23. The summed E-state index contributed by atoms with van der Waals surface area (Å²) in [6, 6.07) is 6.78. The topological polar surface area (TPSA) is 53.6 Å². The Morgan fingerprint density at radius 3 is 2.92 bits per heavy atom. The fraction of sp³-hybridized carbons (Fsp3) is 0.389. The molecule has 1 aliphatic rings. The van der Waals surface area contributed by atoms with Crippen molar-refractivity contribution in [2.24, 2.45) is 0 Å². The highest BCUT2D eigenvalue weighted by atomic mass is 32.1. The number of fused-ring (bicyclic) bond motifs is 1. The smallest absolute Gasteiger partial charge is 0.125 e. The highest BCUT2D eigenvalue weighted by molar-refractivity contribution is 7.71. The van der Waals surface area contributed by atoms with Gasteiger partial charge < -0.3 is 10.3 Å². The van der Waals surface area contributed by atoms with Crippen LogP contribution in [0.2, 0.25) is 0 Å². The normalized spacial score (nSPS) is 15.7. The van der Waals surface area contributed by atoms with Crippen molar-refractivity contribution in [3.8, 4) is 10.6 Å². The number of hydrogen-bond acceptors (Lipinski definition) is 5. The van der Waals surface area contributed by atoms with E-state index in [0.29, 0.717) is 6.04 Å². The van der Waals surface area contributed by atoms with Crippen LogP contribution in [0.5, 0.6) is 0 Å². The first-order valence-electron chi connectivity index (χ1n) is 8.42. The molecule has 0 saturated heterocycles. The number of aryl methyl sites for hydroxylation is 1. The summed E-state index contributed by atoms with van der Waals surface area (Å²) >= 11 is 7.05. The van der Waals surface area contributed by atoms with Crippen molar-refractivity contribution in [2.75, 3.05) is 5.32 Å². The van der Waals surface area contributed by atoms with E-state index in [1.165, 1.54) is 37.1 Å².